The molecule has 6 nitrogen and oxygen atoms in total. The van der Waals surface area contributed by atoms with Crippen LogP contribution in [0.2, 0.25) is 10.0 Å². The Kier molecular flexibility index (Phi) is 7.03. The number of carbonyl (C=O) groups excluding carboxylic acids is 1. The molecule has 8 heteroatoms. The first kappa shape index (κ1) is 19.0. The second-order valence-corrected chi connectivity index (χ2v) is 6.03. The van der Waals surface area contributed by atoms with Crippen molar-refractivity contribution in [2.45, 2.75) is 12.8 Å². The summed E-state index contributed by atoms with van der Waals surface area (Å²) in [6.45, 7) is 0.961. The Morgan fingerprint density at radius 2 is 1.84 bits per heavy atom. The van der Waals surface area contributed by atoms with E-state index in [1.54, 1.807) is 24.3 Å². The molecule has 0 saturated heterocycles. The standard InChI is InChI=1S/C17H16Cl2N2O4/c18-13-4-6-14(7-5-13)25-10-2-1-9-20-17(22)12-3-8-15(19)16(11-12)21(23)24/h3-8,11H,1-2,9-10H2,(H,20,22). The lowest BCUT2D eigenvalue weighted by molar-refractivity contribution is -0.384. The molecule has 1 amide bonds. The van der Waals surface area contributed by atoms with Crippen LogP contribution >= 0.6 is 23.2 Å². The zero-order valence-electron chi connectivity index (χ0n) is 13.2. The number of rotatable bonds is 8. The molecule has 0 heterocycles. The van der Waals surface area contributed by atoms with Gasteiger partial charge in [-0.2, -0.15) is 0 Å². The van der Waals surface area contributed by atoms with Gasteiger partial charge in [0.05, 0.1) is 11.5 Å². The van der Waals surface area contributed by atoms with E-state index in [9.17, 15) is 14.9 Å². The van der Waals surface area contributed by atoms with Crippen molar-refractivity contribution >= 4 is 34.8 Å². The minimum atomic E-state index is -0.618. The number of ether oxygens (including phenoxy) is 1. The van der Waals surface area contributed by atoms with E-state index in [1.807, 2.05) is 0 Å². The van der Waals surface area contributed by atoms with E-state index in [4.69, 9.17) is 27.9 Å². The molecule has 0 aliphatic carbocycles. The fourth-order valence-corrected chi connectivity index (χ4v) is 2.36. The van der Waals surface area contributed by atoms with Gasteiger partial charge in [-0.15, -0.1) is 0 Å². The summed E-state index contributed by atoms with van der Waals surface area (Å²) in [4.78, 5) is 22.2. The normalized spacial score (nSPS) is 10.3. The molecule has 2 aromatic rings. The molecule has 0 spiro atoms. The summed E-state index contributed by atoms with van der Waals surface area (Å²) in [6, 6.07) is 11.0. The Labute approximate surface area is 154 Å². The van der Waals surface area contributed by atoms with Crippen molar-refractivity contribution < 1.29 is 14.5 Å². The maximum absolute atomic E-state index is 12.0. The van der Waals surface area contributed by atoms with Gasteiger partial charge in [-0.25, -0.2) is 0 Å². The molecule has 0 bridgehead atoms. The van der Waals surface area contributed by atoms with Gasteiger partial charge in [0.1, 0.15) is 10.8 Å². The summed E-state index contributed by atoms with van der Waals surface area (Å²) < 4.78 is 5.55. The molecule has 0 fully saturated rings. The van der Waals surface area contributed by atoms with Gasteiger partial charge in [0.2, 0.25) is 0 Å². The molecule has 0 aromatic heterocycles. The van der Waals surface area contributed by atoms with Crippen molar-refractivity contribution in [3.8, 4) is 5.75 Å². The number of nitrogens with zero attached hydrogens (tertiary/aromatic N) is 1. The van der Waals surface area contributed by atoms with Crippen LogP contribution in [0.3, 0.4) is 0 Å². The van der Waals surface area contributed by atoms with Gasteiger partial charge in [0.25, 0.3) is 11.6 Å². The number of nitro benzene ring substituents is 1. The largest absolute Gasteiger partial charge is 0.494 e. The van der Waals surface area contributed by atoms with Crippen LogP contribution in [0, 0.1) is 10.1 Å². The van der Waals surface area contributed by atoms with Crippen LogP contribution in [-0.4, -0.2) is 24.0 Å². The Hall–Kier alpha value is -2.31. The average Bonchev–Trinajstić information content (AvgIpc) is 2.59. The highest BCUT2D eigenvalue weighted by Crippen LogP contribution is 2.25. The molecule has 0 aliphatic rings. The second-order valence-electron chi connectivity index (χ2n) is 5.19. The van der Waals surface area contributed by atoms with Gasteiger partial charge in [-0.3, -0.25) is 14.9 Å². The van der Waals surface area contributed by atoms with Crippen molar-refractivity contribution in [1.82, 2.24) is 5.32 Å². The molecule has 2 rings (SSSR count). The summed E-state index contributed by atoms with van der Waals surface area (Å²) in [7, 11) is 0. The van der Waals surface area contributed by atoms with E-state index in [2.05, 4.69) is 5.32 Å². The van der Waals surface area contributed by atoms with E-state index in [-0.39, 0.29) is 22.2 Å². The third kappa shape index (κ3) is 5.92. The number of nitro groups is 1. The highest BCUT2D eigenvalue weighted by atomic mass is 35.5. The fraction of sp³-hybridized carbons (Fsp3) is 0.235. The summed E-state index contributed by atoms with van der Waals surface area (Å²) in [5.41, 5.74) is -0.0841. The Morgan fingerprint density at radius 3 is 2.52 bits per heavy atom. The Morgan fingerprint density at radius 1 is 1.12 bits per heavy atom. The lowest BCUT2D eigenvalue weighted by Gasteiger charge is -2.07. The number of carbonyl (C=O) groups is 1. The average molecular weight is 383 g/mol. The van der Waals surface area contributed by atoms with Crippen LogP contribution in [0.25, 0.3) is 0 Å². The molecule has 0 saturated carbocycles. The zero-order chi connectivity index (χ0) is 18.2. The number of nitrogens with one attached hydrogen (secondary N) is 1. The van der Waals surface area contributed by atoms with Gasteiger partial charge >= 0.3 is 0 Å². The number of halogens is 2. The van der Waals surface area contributed by atoms with Crippen LogP contribution in [0.4, 0.5) is 5.69 Å². The lowest BCUT2D eigenvalue weighted by Crippen LogP contribution is -2.24. The smallest absolute Gasteiger partial charge is 0.288 e. The predicted molar refractivity (Wildman–Crippen MR) is 96.6 cm³/mol. The minimum absolute atomic E-state index is 0.000832. The molecule has 2 aromatic carbocycles. The summed E-state index contributed by atoms with van der Waals surface area (Å²) in [6.07, 6.45) is 1.47. The van der Waals surface area contributed by atoms with Crippen molar-refractivity contribution in [3.63, 3.8) is 0 Å². The molecule has 1 N–H and O–H groups in total. The van der Waals surface area contributed by atoms with E-state index < -0.39 is 4.92 Å². The molecule has 0 aliphatic heterocycles. The lowest BCUT2D eigenvalue weighted by atomic mass is 10.2. The second kappa shape index (κ2) is 9.25. The first-order valence-electron chi connectivity index (χ1n) is 7.58. The van der Waals surface area contributed by atoms with Gasteiger partial charge in [0.15, 0.2) is 0 Å². The SMILES string of the molecule is O=C(NCCCCOc1ccc(Cl)cc1)c1ccc(Cl)c([N+](=O)[O-])c1. The van der Waals surface area contributed by atoms with Crippen molar-refractivity contribution in [3.05, 3.63) is 68.2 Å². The number of benzene rings is 2. The fourth-order valence-electron chi connectivity index (χ4n) is 2.05. The predicted octanol–water partition coefficient (Wildman–Crippen LogP) is 4.49. The number of hydrogen-bond donors (Lipinski definition) is 1. The van der Waals surface area contributed by atoms with Crippen LogP contribution in [0.5, 0.6) is 5.75 Å². The van der Waals surface area contributed by atoms with Crippen LogP contribution in [-0.2, 0) is 0 Å². The van der Waals surface area contributed by atoms with Crippen LogP contribution in [0.15, 0.2) is 42.5 Å². The molecule has 132 valence electrons. The monoisotopic (exact) mass is 382 g/mol. The highest BCUT2D eigenvalue weighted by Gasteiger charge is 2.15. The molecular weight excluding hydrogens is 367 g/mol. The quantitative estimate of drug-likeness (QED) is 0.414. The molecule has 0 atom stereocenters. The van der Waals surface area contributed by atoms with Crippen LogP contribution in [0.1, 0.15) is 23.2 Å². The van der Waals surface area contributed by atoms with E-state index in [1.165, 1.54) is 18.2 Å². The van der Waals surface area contributed by atoms with Crippen molar-refractivity contribution in [1.29, 1.82) is 0 Å². The summed E-state index contributed by atoms with van der Waals surface area (Å²) in [5, 5.41) is 14.2. The Balaban J connectivity index is 1.71. The number of unbranched alkanes of at least 4 members (excludes halogenated alkanes) is 1. The van der Waals surface area contributed by atoms with E-state index in [0.717, 1.165) is 18.6 Å². The molecule has 0 radical (unpaired) electrons. The maximum atomic E-state index is 12.0. The Bertz CT molecular complexity index is 751. The number of hydrogen-bond acceptors (Lipinski definition) is 4. The van der Waals surface area contributed by atoms with Crippen molar-refractivity contribution in [2.24, 2.45) is 0 Å². The van der Waals surface area contributed by atoms with E-state index in [0.29, 0.717) is 18.2 Å². The minimum Gasteiger partial charge on any atom is -0.494 e. The van der Waals surface area contributed by atoms with E-state index >= 15 is 0 Å². The summed E-state index contributed by atoms with van der Waals surface area (Å²) >= 11 is 11.5. The highest BCUT2D eigenvalue weighted by molar-refractivity contribution is 6.32. The first-order valence-corrected chi connectivity index (χ1v) is 8.33. The molecule has 0 unspecified atom stereocenters. The van der Waals surface area contributed by atoms with Crippen LogP contribution < -0.4 is 10.1 Å². The summed E-state index contributed by atoms with van der Waals surface area (Å²) in [5.74, 6) is 0.361. The van der Waals surface area contributed by atoms with Gasteiger partial charge in [-0.1, -0.05) is 23.2 Å². The van der Waals surface area contributed by atoms with Gasteiger partial charge < -0.3 is 10.1 Å². The topological polar surface area (TPSA) is 81.5 Å². The van der Waals surface area contributed by atoms with Gasteiger partial charge in [-0.05, 0) is 49.2 Å². The van der Waals surface area contributed by atoms with Crippen molar-refractivity contribution in [2.75, 3.05) is 13.2 Å². The molecular formula is C17H16Cl2N2O4. The maximum Gasteiger partial charge on any atom is 0.288 e. The van der Waals surface area contributed by atoms with Gasteiger partial charge in [0, 0.05) is 23.2 Å². The zero-order valence-corrected chi connectivity index (χ0v) is 14.7. The third-order valence-corrected chi connectivity index (χ3v) is 3.92. The third-order valence-electron chi connectivity index (χ3n) is 3.34. The molecule has 25 heavy (non-hydrogen) atoms. The first-order chi connectivity index (χ1) is 12.0. The number of amides is 1.